The molecule has 1 aromatic heterocycles. The predicted molar refractivity (Wildman–Crippen MR) is 90.5 cm³/mol. The number of carbonyl (C=O) groups excluding carboxylic acids is 1. The van der Waals surface area contributed by atoms with Gasteiger partial charge in [-0.05, 0) is 38.3 Å². The highest BCUT2D eigenvalue weighted by Crippen LogP contribution is 2.15. The molecule has 0 aliphatic carbocycles. The van der Waals surface area contributed by atoms with Crippen LogP contribution in [0.3, 0.4) is 0 Å². The fourth-order valence-electron chi connectivity index (χ4n) is 2.87. The van der Waals surface area contributed by atoms with E-state index in [9.17, 15) is 14.0 Å². The Morgan fingerprint density at radius 2 is 2.24 bits per heavy atom. The number of amides is 1. The molecule has 1 aliphatic rings. The molecule has 0 saturated carbocycles. The highest BCUT2D eigenvalue weighted by molar-refractivity contribution is 5.92. The Morgan fingerprint density at radius 1 is 1.44 bits per heavy atom. The molecule has 1 amide bonds. The van der Waals surface area contributed by atoms with Crippen molar-refractivity contribution in [1.29, 1.82) is 0 Å². The topological polar surface area (TPSA) is 73.2 Å². The second-order valence-corrected chi connectivity index (χ2v) is 6.04. The van der Waals surface area contributed by atoms with E-state index >= 15 is 0 Å². The van der Waals surface area contributed by atoms with Crippen molar-refractivity contribution in [2.24, 2.45) is 0 Å². The molecule has 6 nitrogen and oxygen atoms in total. The highest BCUT2D eigenvalue weighted by Gasteiger charge is 2.18. The number of aryl methyl sites for hydroxylation is 1. The summed E-state index contributed by atoms with van der Waals surface area (Å²) >= 11 is 0. The Morgan fingerprint density at radius 3 is 2.96 bits per heavy atom. The van der Waals surface area contributed by atoms with Crippen LogP contribution in [0, 0.1) is 12.7 Å². The van der Waals surface area contributed by atoms with Crippen LogP contribution in [-0.4, -0.2) is 34.9 Å². The minimum Gasteiger partial charge on any atom is -0.378 e. The summed E-state index contributed by atoms with van der Waals surface area (Å²) in [6.45, 7) is 2.80. The number of para-hydroxylation sites is 1. The van der Waals surface area contributed by atoms with Gasteiger partial charge in [-0.15, -0.1) is 0 Å². The van der Waals surface area contributed by atoms with E-state index in [4.69, 9.17) is 4.74 Å². The first-order chi connectivity index (χ1) is 12.1. The van der Waals surface area contributed by atoms with Crippen LogP contribution in [-0.2, 0) is 4.74 Å². The molecule has 1 aromatic carbocycles. The molecule has 3 rings (SSSR count). The fraction of sp³-hybridized carbons (Fsp3) is 0.389. The fourth-order valence-corrected chi connectivity index (χ4v) is 2.87. The zero-order valence-electron chi connectivity index (χ0n) is 14.0. The number of nitrogens with zero attached hydrogens (tertiary/aromatic N) is 2. The summed E-state index contributed by atoms with van der Waals surface area (Å²) in [5.41, 5.74) is -0.0969. The number of ether oxygens (including phenoxy) is 1. The first-order valence-corrected chi connectivity index (χ1v) is 8.32. The van der Waals surface area contributed by atoms with Crippen molar-refractivity contribution >= 4 is 5.91 Å². The predicted octanol–water partition coefficient (Wildman–Crippen LogP) is 1.98. The summed E-state index contributed by atoms with van der Waals surface area (Å²) in [5, 5.41) is 6.77. The molecule has 132 valence electrons. The maximum Gasteiger partial charge on any atom is 0.275 e. The van der Waals surface area contributed by atoms with E-state index in [0.29, 0.717) is 18.7 Å². The molecule has 2 aromatic rings. The average Bonchev–Trinajstić information content (AvgIpc) is 3.09. The van der Waals surface area contributed by atoms with Crippen molar-refractivity contribution < 1.29 is 13.9 Å². The molecule has 0 radical (unpaired) electrons. The lowest BCUT2D eigenvalue weighted by atomic mass is 10.2. The van der Waals surface area contributed by atoms with E-state index in [0.717, 1.165) is 19.4 Å². The van der Waals surface area contributed by atoms with Gasteiger partial charge < -0.3 is 10.1 Å². The molecule has 0 unspecified atom stereocenters. The summed E-state index contributed by atoms with van der Waals surface area (Å²) in [4.78, 5) is 24.4. The summed E-state index contributed by atoms with van der Waals surface area (Å²) < 4.78 is 20.8. The molecule has 1 N–H and O–H groups in total. The molecule has 7 heteroatoms. The van der Waals surface area contributed by atoms with E-state index in [1.807, 2.05) is 0 Å². The van der Waals surface area contributed by atoms with E-state index in [1.165, 1.54) is 16.8 Å². The lowest BCUT2D eigenvalue weighted by Crippen LogP contribution is -2.33. The van der Waals surface area contributed by atoms with Gasteiger partial charge >= 0.3 is 0 Å². The van der Waals surface area contributed by atoms with Crippen molar-refractivity contribution in [2.75, 3.05) is 13.2 Å². The zero-order valence-corrected chi connectivity index (χ0v) is 14.0. The first-order valence-electron chi connectivity index (χ1n) is 8.32. The van der Waals surface area contributed by atoms with Crippen molar-refractivity contribution in [2.45, 2.75) is 32.3 Å². The standard InChI is InChI=1S/C18H20FN3O3/c1-12-11-16(23)17(18(24)20-9-8-13-5-4-10-25-13)21-22(12)15-7-3-2-6-14(15)19/h2-3,6-7,11,13H,4-5,8-10H2,1H3,(H,20,24)/t13-/m1/s1. The number of benzene rings is 1. The molecule has 1 fully saturated rings. The monoisotopic (exact) mass is 345 g/mol. The average molecular weight is 345 g/mol. The number of halogens is 1. The normalized spacial score (nSPS) is 16.8. The van der Waals surface area contributed by atoms with Gasteiger partial charge in [-0.3, -0.25) is 9.59 Å². The van der Waals surface area contributed by atoms with E-state index < -0.39 is 17.2 Å². The number of carbonyl (C=O) groups is 1. The first kappa shape index (κ1) is 17.3. The summed E-state index contributed by atoms with van der Waals surface area (Å²) in [6, 6.07) is 7.36. The molecular formula is C18H20FN3O3. The van der Waals surface area contributed by atoms with Crippen LogP contribution in [0.5, 0.6) is 0 Å². The molecule has 0 spiro atoms. The third-order valence-electron chi connectivity index (χ3n) is 4.18. The molecule has 1 atom stereocenters. The minimum atomic E-state index is -0.562. The number of nitrogens with one attached hydrogen (secondary N) is 1. The van der Waals surface area contributed by atoms with Crippen LogP contribution < -0.4 is 10.7 Å². The van der Waals surface area contributed by atoms with Gasteiger partial charge in [0.1, 0.15) is 11.5 Å². The van der Waals surface area contributed by atoms with E-state index in [2.05, 4.69) is 10.4 Å². The maximum atomic E-state index is 14.0. The Balaban J connectivity index is 1.79. The van der Waals surface area contributed by atoms with Gasteiger partial charge in [0.2, 0.25) is 5.43 Å². The van der Waals surface area contributed by atoms with Crippen LogP contribution in [0.15, 0.2) is 35.1 Å². The van der Waals surface area contributed by atoms with Gasteiger partial charge in [0.15, 0.2) is 5.69 Å². The van der Waals surface area contributed by atoms with E-state index in [1.54, 1.807) is 25.1 Å². The van der Waals surface area contributed by atoms with Crippen LogP contribution in [0.2, 0.25) is 0 Å². The van der Waals surface area contributed by atoms with Gasteiger partial charge in [0.05, 0.1) is 6.10 Å². The Labute approximate surface area is 144 Å². The third-order valence-corrected chi connectivity index (χ3v) is 4.18. The van der Waals surface area contributed by atoms with Crippen LogP contribution in [0.25, 0.3) is 5.69 Å². The Kier molecular flexibility index (Phi) is 5.23. The van der Waals surface area contributed by atoms with Crippen molar-refractivity contribution in [3.05, 3.63) is 57.8 Å². The van der Waals surface area contributed by atoms with Gasteiger partial charge in [-0.25, -0.2) is 9.07 Å². The van der Waals surface area contributed by atoms with Crippen LogP contribution >= 0.6 is 0 Å². The minimum absolute atomic E-state index is 0.154. The highest BCUT2D eigenvalue weighted by atomic mass is 19.1. The molecule has 2 heterocycles. The third kappa shape index (κ3) is 3.93. The SMILES string of the molecule is Cc1cc(=O)c(C(=O)NCC[C@H]2CCCO2)nn1-c1ccccc1F. The Bertz CT molecular complexity index is 829. The molecule has 25 heavy (non-hydrogen) atoms. The Hall–Kier alpha value is -2.54. The van der Waals surface area contributed by atoms with Gasteiger partial charge in [0.25, 0.3) is 5.91 Å². The van der Waals surface area contributed by atoms with Gasteiger partial charge in [0, 0.05) is 24.9 Å². The molecule has 0 bridgehead atoms. The summed E-state index contributed by atoms with van der Waals surface area (Å²) in [6.07, 6.45) is 2.87. The number of rotatable bonds is 5. The maximum absolute atomic E-state index is 14.0. The lowest BCUT2D eigenvalue weighted by molar-refractivity contribution is 0.0901. The van der Waals surface area contributed by atoms with Crippen LogP contribution in [0.1, 0.15) is 35.4 Å². The number of hydrogen-bond acceptors (Lipinski definition) is 4. The van der Waals surface area contributed by atoms with Gasteiger partial charge in [-0.1, -0.05) is 12.1 Å². The summed E-state index contributed by atoms with van der Waals surface area (Å²) in [5.74, 6) is -1.04. The van der Waals surface area contributed by atoms with E-state index in [-0.39, 0.29) is 17.5 Å². The smallest absolute Gasteiger partial charge is 0.275 e. The second-order valence-electron chi connectivity index (χ2n) is 6.04. The molecule has 1 aliphatic heterocycles. The van der Waals surface area contributed by atoms with Crippen molar-refractivity contribution in [3.8, 4) is 5.69 Å². The number of aromatic nitrogens is 2. The van der Waals surface area contributed by atoms with Crippen LogP contribution in [0.4, 0.5) is 4.39 Å². The largest absolute Gasteiger partial charge is 0.378 e. The zero-order chi connectivity index (χ0) is 17.8. The molecular weight excluding hydrogens is 325 g/mol. The van der Waals surface area contributed by atoms with Crippen molar-refractivity contribution in [1.82, 2.24) is 15.1 Å². The quantitative estimate of drug-likeness (QED) is 0.899. The van der Waals surface area contributed by atoms with Gasteiger partial charge in [-0.2, -0.15) is 5.10 Å². The van der Waals surface area contributed by atoms with Crippen molar-refractivity contribution in [3.63, 3.8) is 0 Å². The summed E-state index contributed by atoms with van der Waals surface area (Å²) in [7, 11) is 0. The second kappa shape index (κ2) is 7.57. The lowest BCUT2D eigenvalue weighted by Gasteiger charge is -2.13. The number of hydrogen-bond donors (Lipinski definition) is 1. The molecule has 1 saturated heterocycles.